The van der Waals surface area contributed by atoms with E-state index in [0.717, 1.165) is 35.5 Å². The molecular formula is C19H25N5O. The average Bonchev–Trinajstić information content (AvgIpc) is 3.00. The number of aliphatic hydroxyl groups is 1. The van der Waals surface area contributed by atoms with Crippen LogP contribution in [-0.4, -0.2) is 38.0 Å². The van der Waals surface area contributed by atoms with Gasteiger partial charge >= 0.3 is 0 Å². The Labute approximate surface area is 147 Å². The Hall–Kier alpha value is -2.47. The molecule has 1 aromatic carbocycles. The van der Waals surface area contributed by atoms with Crippen molar-refractivity contribution in [3.63, 3.8) is 0 Å². The molecule has 0 unspecified atom stereocenters. The van der Waals surface area contributed by atoms with E-state index in [-0.39, 0.29) is 12.0 Å². The molecule has 132 valence electrons. The third kappa shape index (κ3) is 4.14. The summed E-state index contributed by atoms with van der Waals surface area (Å²) in [6.07, 6.45) is 3.44. The zero-order valence-electron chi connectivity index (χ0n) is 15.0. The number of rotatable bonds is 7. The number of nitrogens with one attached hydrogen (secondary N) is 1. The van der Waals surface area contributed by atoms with E-state index >= 15 is 0 Å². The summed E-state index contributed by atoms with van der Waals surface area (Å²) in [5, 5.41) is 18.0. The van der Waals surface area contributed by atoms with Crippen LogP contribution in [0.4, 0.5) is 5.82 Å². The third-order valence-electron chi connectivity index (χ3n) is 4.28. The zero-order chi connectivity index (χ0) is 17.9. The highest BCUT2D eigenvalue weighted by atomic mass is 16.3. The number of aryl methyl sites for hydroxylation is 3. The lowest BCUT2D eigenvalue weighted by Gasteiger charge is -2.22. The van der Waals surface area contributed by atoms with Gasteiger partial charge in [-0.3, -0.25) is 4.68 Å². The summed E-state index contributed by atoms with van der Waals surface area (Å²) in [4.78, 5) is 9.38. The highest BCUT2D eigenvalue weighted by Gasteiger charge is 2.18. The van der Waals surface area contributed by atoms with Gasteiger partial charge < -0.3 is 10.4 Å². The molecule has 0 saturated carbocycles. The van der Waals surface area contributed by atoms with E-state index < -0.39 is 0 Å². The Morgan fingerprint density at radius 3 is 2.60 bits per heavy atom. The van der Waals surface area contributed by atoms with Crippen molar-refractivity contribution in [1.82, 2.24) is 19.7 Å². The molecule has 2 aromatic heterocycles. The van der Waals surface area contributed by atoms with Crippen LogP contribution in [0.1, 0.15) is 25.2 Å². The van der Waals surface area contributed by atoms with E-state index in [9.17, 15) is 5.11 Å². The SMILES string of the molecule is Cn1ncc2c(NCC(C)(C)CO)nc(CCc3ccccc3)nc21. The summed E-state index contributed by atoms with van der Waals surface area (Å²) in [7, 11) is 1.89. The van der Waals surface area contributed by atoms with E-state index in [0.29, 0.717) is 6.54 Å². The maximum Gasteiger partial charge on any atom is 0.163 e. The first-order chi connectivity index (χ1) is 12.0. The van der Waals surface area contributed by atoms with Crippen LogP contribution < -0.4 is 5.32 Å². The van der Waals surface area contributed by atoms with Crippen molar-refractivity contribution in [2.24, 2.45) is 12.5 Å². The topological polar surface area (TPSA) is 75.9 Å². The molecule has 0 aliphatic heterocycles. The average molecular weight is 339 g/mol. The van der Waals surface area contributed by atoms with Gasteiger partial charge in [0.2, 0.25) is 0 Å². The molecule has 2 N–H and O–H groups in total. The highest BCUT2D eigenvalue weighted by molar-refractivity contribution is 5.86. The van der Waals surface area contributed by atoms with Gasteiger partial charge in [0, 0.05) is 32.0 Å². The number of aliphatic hydroxyl groups excluding tert-OH is 1. The van der Waals surface area contributed by atoms with Crippen molar-refractivity contribution >= 4 is 16.9 Å². The van der Waals surface area contributed by atoms with E-state index in [4.69, 9.17) is 4.98 Å². The number of fused-ring (bicyclic) bond motifs is 1. The molecular weight excluding hydrogens is 314 g/mol. The molecule has 0 spiro atoms. The van der Waals surface area contributed by atoms with E-state index in [1.165, 1.54) is 5.56 Å². The Morgan fingerprint density at radius 2 is 1.88 bits per heavy atom. The van der Waals surface area contributed by atoms with Crippen molar-refractivity contribution in [3.05, 3.63) is 47.9 Å². The van der Waals surface area contributed by atoms with Gasteiger partial charge in [-0.15, -0.1) is 0 Å². The molecule has 0 aliphatic carbocycles. The normalized spacial score (nSPS) is 11.8. The molecule has 0 amide bonds. The minimum absolute atomic E-state index is 0.113. The second kappa shape index (κ2) is 7.19. The molecule has 0 aliphatic rings. The van der Waals surface area contributed by atoms with Gasteiger partial charge in [0.05, 0.1) is 11.6 Å². The number of benzene rings is 1. The van der Waals surface area contributed by atoms with Gasteiger partial charge in [-0.25, -0.2) is 9.97 Å². The summed E-state index contributed by atoms with van der Waals surface area (Å²) >= 11 is 0. The maximum absolute atomic E-state index is 9.47. The summed E-state index contributed by atoms with van der Waals surface area (Å²) in [5.74, 6) is 1.58. The Kier molecular flexibility index (Phi) is 4.99. The fourth-order valence-electron chi connectivity index (χ4n) is 2.59. The van der Waals surface area contributed by atoms with Crippen molar-refractivity contribution in [1.29, 1.82) is 0 Å². The molecule has 6 nitrogen and oxygen atoms in total. The molecule has 0 bridgehead atoms. The fourth-order valence-corrected chi connectivity index (χ4v) is 2.59. The molecule has 0 saturated heterocycles. The second-order valence-electron chi connectivity index (χ2n) is 7.16. The Bertz CT molecular complexity index is 842. The van der Waals surface area contributed by atoms with Crippen molar-refractivity contribution in [2.45, 2.75) is 26.7 Å². The molecule has 0 atom stereocenters. The lowest BCUT2D eigenvalue weighted by Crippen LogP contribution is -2.27. The maximum atomic E-state index is 9.47. The van der Waals surface area contributed by atoms with E-state index in [2.05, 4.69) is 27.5 Å². The number of nitrogens with zero attached hydrogens (tertiary/aromatic N) is 4. The summed E-state index contributed by atoms with van der Waals surface area (Å²) in [5.41, 5.74) is 1.87. The molecule has 6 heteroatoms. The minimum Gasteiger partial charge on any atom is -0.396 e. The van der Waals surface area contributed by atoms with Crippen LogP contribution in [0.3, 0.4) is 0 Å². The molecule has 0 radical (unpaired) electrons. The van der Waals surface area contributed by atoms with Crippen molar-refractivity contribution in [3.8, 4) is 0 Å². The monoisotopic (exact) mass is 339 g/mol. The first-order valence-electron chi connectivity index (χ1n) is 8.56. The second-order valence-corrected chi connectivity index (χ2v) is 7.16. The van der Waals surface area contributed by atoms with Crippen LogP contribution >= 0.6 is 0 Å². The first-order valence-corrected chi connectivity index (χ1v) is 8.56. The minimum atomic E-state index is -0.219. The van der Waals surface area contributed by atoms with Gasteiger partial charge in [-0.2, -0.15) is 5.10 Å². The number of aromatic nitrogens is 4. The van der Waals surface area contributed by atoms with Crippen LogP contribution in [0, 0.1) is 5.41 Å². The van der Waals surface area contributed by atoms with Gasteiger partial charge in [-0.1, -0.05) is 44.2 Å². The Balaban J connectivity index is 1.85. The largest absolute Gasteiger partial charge is 0.396 e. The van der Waals surface area contributed by atoms with Crippen molar-refractivity contribution < 1.29 is 5.11 Å². The first kappa shape index (κ1) is 17.4. The van der Waals surface area contributed by atoms with Crippen LogP contribution in [0.2, 0.25) is 0 Å². The standard InChI is InChI=1S/C19H25N5O/c1-19(2,13-25)12-20-17-15-11-21-24(3)18(15)23-16(22-17)10-9-14-7-5-4-6-8-14/h4-8,11,25H,9-10,12-13H2,1-3H3,(H,20,22,23). The van der Waals surface area contributed by atoms with Crippen molar-refractivity contribution in [2.75, 3.05) is 18.5 Å². The molecule has 2 heterocycles. The smallest absolute Gasteiger partial charge is 0.163 e. The molecule has 0 fully saturated rings. The molecule has 25 heavy (non-hydrogen) atoms. The number of anilines is 1. The molecule has 3 rings (SSSR count). The van der Waals surface area contributed by atoms with E-state index in [1.54, 1.807) is 10.9 Å². The quantitative estimate of drug-likeness (QED) is 0.692. The van der Waals surface area contributed by atoms with E-state index in [1.807, 2.05) is 39.1 Å². The lowest BCUT2D eigenvalue weighted by molar-refractivity contribution is 0.171. The van der Waals surface area contributed by atoms with Crippen LogP contribution in [-0.2, 0) is 19.9 Å². The Morgan fingerprint density at radius 1 is 1.12 bits per heavy atom. The molecule has 3 aromatic rings. The van der Waals surface area contributed by atoms with Gasteiger partial charge in [0.1, 0.15) is 11.6 Å². The summed E-state index contributed by atoms with van der Waals surface area (Å²) in [6, 6.07) is 10.3. The summed E-state index contributed by atoms with van der Waals surface area (Å²) in [6.45, 7) is 4.76. The zero-order valence-corrected chi connectivity index (χ0v) is 15.0. The predicted molar refractivity (Wildman–Crippen MR) is 99.5 cm³/mol. The summed E-state index contributed by atoms with van der Waals surface area (Å²) < 4.78 is 1.77. The van der Waals surface area contributed by atoms with Crippen LogP contribution in [0.25, 0.3) is 11.0 Å². The van der Waals surface area contributed by atoms with Crippen LogP contribution in [0.5, 0.6) is 0 Å². The van der Waals surface area contributed by atoms with Crippen LogP contribution in [0.15, 0.2) is 36.5 Å². The highest BCUT2D eigenvalue weighted by Crippen LogP contribution is 2.22. The lowest BCUT2D eigenvalue weighted by atomic mass is 9.95. The number of hydrogen-bond acceptors (Lipinski definition) is 5. The third-order valence-corrected chi connectivity index (χ3v) is 4.28. The van der Waals surface area contributed by atoms with Gasteiger partial charge in [0.25, 0.3) is 0 Å². The van der Waals surface area contributed by atoms with Gasteiger partial charge in [0.15, 0.2) is 5.65 Å². The fraction of sp³-hybridized carbons (Fsp3) is 0.421. The predicted octanol–water partition coefficient (Wildman–Crippen LogP) is 2.58. The van der Waals surface area contributed by atoms with Gasteiger partial charge in [-0.05, 0) is 12.0 Å². The number of hydrogen-bond donors (Lipinski definition) is 2.